The van der Waals surface area contributed by atoms with E-state index in [2.05, 4.69) is 6.92 Å². The van der Waals surface area contributed by atoms with Gasteiger partial charge in [0, 0.05) is 5.92 Å². The van der Waals surface area contributed by atoms with Crippen LogP contribution in [0.4, 0.5) is 4.39 Å². The molecule has 18 heavy (non-hydrogen) atoms. The molecule has 0 spiro atoms. The maximum absolute atomic E-state index is 13.8. The average Bonchev–Trinajstić information content (AvgIpc) is 2.38. The smallest absolute Gasteiger partial charge is 0.168 e. The second-order valence-corrected chi connectivity index (χ2v) is 5.49. The van der Waals surface area contributed by atoms with Crippen molar-refractivity contribution in [3.8, 4) is 0 Å². The number of ketones is 1. The van der Waals surface area contributed by atoms with Crippen LogP contribution in [0.15, 0.2) is 18.2 Å². The van der Waals surface area contributed by atoms with Gasteiger partial charge in [0.05, 0.1) is 5.56 Å². The van der Waals surface area contributed by atoms with Crippen molar-refractivity contribution in [2.24, 2.45) is 11.8 Å². The fourth-order valence-corrected chi connectivity index (χ4v) is 2.94. The first-order valence-electron chi connectivity index (χ1n) is 6.92. The first kappa shape index (κ1) is 13.3. The summed E-state index contributed by atoms with van der Waals surface area (Å²) in [5.41, 5.74) is 1.14. The summed E-state index contributed by atoms with van der Waals surface area (Å²) in [6.07, 6.45) is 5.30. The second kappa shape index (κ2) is 5.64. The third-order valence-electron chi connectivity index (χ3n) is 4.12. The molecule has 0 bridgehead atoms. The third kappa shape index (κ3) is 2.80. The van der Waals surface area contributed by atoms with E-state index in [9.17, 15) is 9.18 Å². The predicted molar refractivity (Wildman–Crippen MR) is 71.2 cm³/mol. The Labute approximate surface area is 108 Å². The molecule has 1 aliphatic rings. The van der Waals surface area contributed by atoms with Gasteiger partial charge in [0.2, 0.25) is 0 Å². The van der Waals surface area contributed by atoms with Crippen LogP contribution in [-0.2, 0) is 0 Å². The van der Waals surface area contributed by atoms with Gasteiger partial charge in [0.1, 0.15) is 5.82 Å². The van der Waals surface area contributed by atoms with Gasteiger partial charge in [-0.25, -0.2) is 4.39 Å². The van der Waals surface area contributed by atoms with E-state index in [4.69, 9.17) is 0 Å². The van der Waals surface area contributed by atoms with Crippen LogP contribution < -0.4 is 0 Å². The summed E-state index contributed by atoms with van der Waals surface area (Å²) in [5.74, 6) is 0.311. The average molecular weight is 248 g/mol. The van der Waals surface area contributed by atoms with Gasteiger partial charge in [-0.3, -0.25) is 4.79 Å². The van der Waals surface area contributed by atoms with Crippen molar-refractivity contribution in [1.29, 1.82) is 0 Å². The predicted octanol–water partition coefficient (Wildman–Crippen LogP) is 4.53. The Morgan fingerprint density at radius 1 is 1.39 bits per heavy atom. The summed E-state index contributed by atoms with van der Waals surface area (Å²) in [5, 5.41) is 0. The molecule has 0 radical (unpaired) electrons. The van der Waals surface area contributed by atoms with Crippen LogP contribution in [0.1, 0.15) is 54.9 Å². The van der Waals surface area contributed by atoms with E-state index in [1.54, 1.807) is 6.07 Å². The maximum atomic E-state index is 13.8. The molecular weight excluding hydrogens is 227 g/mol. The van der Waals surface area contributed by atoms with E-state index in [1.165, 1.54) is 12.5 Å². The number of benzene rings is 1. The molecule has 0 aliphatic heterocycles. The molecule has 1 nitrogen and oxygen atoms in total. The van der Waals surface area contributed by atoms with Crippen LogP contribution in [0, 0.1) is 24.6 Å². The van der Waals surface area contributed by atoms with Crippen molar-refractivity contribution < 1.29 is 9.18 Å². The number of hydrogen-bond donors (Lipinski definition) is 0. The fourth-order valence-electron chi connectivity index (χ4n) is 2.94. The summed E-state index contributed by atoms with van der Waals surface area (Å²) in [4.78, 5) is 12.4. The van der Waals surface area contributed by atoms with Gasteiger partial charge in [-0.15, -0.1) is 0 Å². The van der Waals surface area contributed by atoms with Crippen LogP contribution in [0.5, 0.6) is 0 Å². The molecular formula is C16H21FO. The number of carbonyl (C=O) groups is 1. The number of carbonyl (C=O) groups excluding carboxylic acids is 1. The molecule has 1 aromatic carbocycles. The van der Waals surface area contributed by atoms with E-state index < -0.39 is 0 Å². The highest BCUT2D eigenvalue weighted by molar-refractivity contribution is 5.98. The summed E-state index contributed by atoms with van der Waals surface area (Å²) >= 11 is 0. The lowest BCUT2D eigenvalue weighted by molar-refractivity contribution is 0.0857. The highest BCUT2D eigenvalue weighted by Crippen LogP contribution is 2.33. The lowest BCUT2D eigenvalue weighted by Gasteiger charge is -2.27. The van der Waals surface area contributed by atoms with Gasteiger partial charge in [0.25, 0.3) is 0 Å². The first-order chi connectivity index (χ1) is 8.61. The molecule has 1 aromatic rings. The molecule has 0 saturated heterocycles. The van der Waals surface area contributed by atoms with Crippen molar-refractivity contribution >= 4 is 5.78 Å². The molecule has 0 N–H and O–H groups in total. The van der Waals surface area contributed by atoms with Crippen LogP contribution in [0.3, 0.4) is 0 Å². The lowest BCUT2D eigenvalue weighted by Crippen LogP contribution is -2.23. The van der Waals surface area contributed by atoms with Crippen LogP contribution in [-0.4, -0.2) is 5.78 Å². The van der Waals surface area contributed by atoms with E-state index in [-0.39, 0.29) is 23.1 Å². The zero-order valence-corrected chi connectivity index (χ0v) is 11.2. The van der Waals surface area contributed by atoms with Gasteiger partial charge in [-0.05, 0) is 43.4 Å². The first-order valence-corrected chi connectivity index (χ1v) is 6.92. The van der Waals surface area contributed by atoms with Gasteiger partial charge in [-0.2, -0.15) is 0 Å². The van der Waals surface area contributed by atoms with Gasteiger partial charge in [0.15, 0.2) is 5.78 Å². The largest absolute Gasteiger partial charge is 0.294 e. The highest BCUT2D eigenvalue weighted by Gasteiger charge is 2.28. The minimum absolute atomic E-state index is 0.00523. The zero-order valence-electron chi connectivity index (χ0n) is 11.2. The molecule has 2 rings (SSSR count). The zero-order chi connectivity index (χ0) is 13.1. The van der Waals surface area contributed by atoms with Crippen LogP contribution in [0.2, 0.25) is 0 Å². The van der Waals surface area contributed by atoms with Crippen LogP contribution in [0.25, 0.3) is 0 Å². The fraction of sp³-hybridized carbons (Fsp3) is 0.562. The lowest BCUT2D eigenvalue weighted by atomic mass is 9.77. The highest BCUT2D eigenvalue weighted by atomic mass is 19.1. The maximum Gasteiger partial charge on any atom is 0.168 e. The van der Waals surface area contributed by atoms with Gasteiger partial charge >= 0.3 is 0 Å². The minimum atomic E-state index is -0.362. The second-order valence-electron chi connectivity index (χ2n) is 5.49. The van der Waals surface area contributed by atoms with Crippen molar-refractivity contribution in [2.45, 2.75) is 46.0 Å². The Bertz CT molecular complexity index is 439. The summed E-state index contributed by atoms with van der Waals surface area (Å²) in [7, 11) is 0. The Kier molecular flexibility index (Phi) is 4.15. The van der Waals surface area contributed by atoms with Crippen molar-refractivity contribution in [3.63, 3.8) is 0 Å². The molecule has 0 amide bonds. The van der Waals surface area contributed by atoms with Gasteiger partial charge in [-0.1, -0.05) is 32.3 Å². The van der Waals surface area contributed by atoms with E-state index in [1.807, 2.05) is 13.0 Å². The Morgan fingerprint density at radius 3 is 2.83 bits per heavy atom. The quantitative estimate of drug-likeness (QED) is 0.718. The van der Waals surface area contributed by atoms with Gasteiger partial charge < -0.3 is 0 Å². The van der Waals surface area contributed by atoms with E-state index in [0.29, 0.717) is 5.92 Å². The Balaban J connectivity index is 2.15. The number of halogens is 1. The Morgan fingerprint density at radius 2 is 2.17 bits per heavy atom. The molecule has 0 aromatic heterocycles. The molecule has 2 heteroatoms. The van der Waals surface area contributed by atoms with E-state index in [0.717, 1.165) is 31.2 Å². The van der Waals surface area contributed by atoms with E-state index >= 15 is 0 Å². The minimum Gasteiger partial charge on any atom is -0.294 e. The number of rotatable bonds is 3. The molecule has 2 unspecified atom stereocenters. The number of hydrogen-bond acceptors (Lipinski definition) is 1. The molecule has 1 fully saturated rings. The molecule has 1 aliphatic carbocycles. The van der Waals surface area contributed by atoms with Crippen molar-refractivity contribution in [1.82, 2.24) is 0 Å². The van der Waals surface area contributed by atoms with Crippen LogP contribution >= 0.6 is 0 Å². The number of aryl methyl sites for hydroxylation is 1. The summed E-state index contributed by atoms with van der Waals surface area (Å²) < 4.78 is 13.8. The third-order valence-corrected chi connectivity index (χ3v) is 4.12. The monoisotopic (exact) mass is 248 g/mol. The summed E-state index contributed by atoms with van der Waals surface area (Å²) in [6.45, 7) is 4.01. The standard InChI is InChI=1S/C16H21FO/c1-3-12-5-4-6-13(10-12)16(18)14-8-7-11(2)9-15(14)17/h7-9,12-13H,3-6,10H2,1-2H3. The summed E-state index contributed by atoms with van der Waals surface area (Å²) in [6, 6.07) is 4.91. The topological polar surface area (TPSA) is 17.1 Å². The SMILES string of the molecule is CCC1CCCC(C(=O)c2ccc(C)cc2F)C1. The number of Topliss-reactive ketones (excluding diaryl/α,β-unsaturated/α-hetero) is 1. The molecule has 2 atom stereocenters. The Hall–Kier alpha value is -1.18. The molecule has 0 heterocycles. The molecule has 1 saturated carbocycles. The molecule has 98 valence electrons. The normalized spacial score (nSPS) is 23.9. The van der Waals surface area contributed by atoms with Crippen molar-refractivity contribution in [2.75, 3.05) is 0 Å². The van der Waals surface area contributed by atoms with Crippen molar-refractivity contribution in [3.05, 3.63) is 35.1 Å².